The number of para-hydroxylation sites is 1. The molecule has 0 saturated heterocycles. The fraction of sp³-hybridized carbons (Fsp3) is 0.0588. The van der Waals surface area contributed by atoms with Crippen molar-refractivity contribution in [3.63, 3.8) is 0 Å². The predicted molar refractivity (Wildman–Crippen MR) is 155 cm³/mol. The van der Waals surface area contributed by atoms with Gasteiger partial charge in [0, 0.05) is 22.6 Å². The fourth-order valence-corrected chi connectivity index (χ4v) is 4.65. The molecule has 0 bridgehead atoms. The molecule has 0 aliphatic carbocycles. The Labute approximate surface area is 222 Å². The Morgan fingerprint density at radius 1 is 0.632 bits per heavy atom. The summed E-state index contributed by atoms with van der Waals surface area (Å²) >= 11 is 0. The van der Waals surface area contributed by atoms with Gasteiger partial charge in [-0.25, -0.2) is 0 Å². The van der Waals surface area contributed by atoms with Crippen molar-refractivity contribution in [2.45, 2.75) is 6.92 Å². The summed E-state index contributed by atoms with van der Waals surface area (Å²) in [6, 6.07) is 38.6. The van der Waals surface area contributed by atoms with E-state index in [4.69, 9.17) is 4.74 Å². The Hall–Kier alpha value is -5.32. The quantitative estimate of drug-likeness (QED) is 0.223. The van der Waals surface area contributed by atoms with Crippen molar-refractivity contribution in [2.24, 2.45) is 0 Å². The minimum Gasteiger partial charge on any atom is -0.497 e. The van der Waals surface area contributed by atoms with E-state index in [9.17, 15) is 10.5 Å². The number of hydrogen-bond donors (Lipinski definition) is 0. The summed E-state index contributed by atoms with van der Waals surface area (Å²) in [6.45, 7) is 1.94. The number of benzene rings is 5. The second-order valence-corrected chi connectivity index (χ2v) is 8.88. The van der Waals surface area contributed by atoms with Crippen molar-refractivity contribution >= 4 is 40.0 Å². The Bertz CT molecular complexity index is 1710. The van der Waals surface area contributed by atoms with Crippen LogP contribution in [0.5, 0.6) is 5.75 Å². The molecule has 0 amide bonds. The van der Waals surface area contributed by atoms with Crippen LogP contribution < -0.4 is 9.64 Å². The molecule has 0 aliphatic rings. The summed E-state index contributed by atoms with van der Waals surface area (Å²) in [4.78, 5) is 2.20. The summed E-state index contributed by atoms with van der Waals surface area (Å²) in [6.07, 6.45) is 4.01. The first-order chi connectivity index (χ1) is 18.6. The van der Waals surface area contributed by atoms with Gasteiger partial charge in [-0.15, -0.1) is 0 Å². The average Bonchev–Trinajstić information content (AvgIpc) is 2.98. The van der Waals surface area contributed by atoms with Crippen molar-refractivity contribution in [3.8, 4) is 17.9 Å². The van der Waals surface area contributed by atoms with E-state index < -0.39 is 0 Å². The molecule has 4 nitrogen and oxygen atoms in total. The van der Waals surface area contributed by atoms with Crippen LogP contribution >= 0.6 is 0 Å². The molecule has 0 aromatic heterocycles. The highest BCUT2D eigenvalue weighted by Gasteiger charge is 2.13. The van der Waals surface area contributed by atoms with Gasteiger partial charge in [0.1, 0.15) is 5.75 Å². The molecule has 0 heterocycles. The van der Waals surface area contributed by atoms with Crippen molar-refractivity contribution in [1.29, 1.82) is 10.5 Å². The number of anilines is 3. The van der Waals surface area contributed by atoms with E-state index in [0.29, 0.717) is 11.1 Å². The van der Waals surface area contributed by atoms with Crippen molar-refractivity contribution in [3.05, 3.63) is 131 Å². The van der Waals surface area contributed by atoms with Crippen molar-refractivity contribution in [2.75, 3.05) is 12.0 Å². The highest BCUT2D eigenvalue weighted by atomic mass is 16.5. The van der Waals surface area contributed by atoms with Gasteiger partial charge in [0.2, 0.25) is 0 Å². The predicted octanol–water partition coefficient (Wildman–Crippen LogP) is 8.54. The molecular formula is C34H25N3O. The van der Waals surface area contributed by atoms with Gasteiger partial charge in [-0.05, 0) is 89.5 Å². The molecule has 0 aliphatic heterocycles. The van der Waals surface area contributed by atoms with E-state index in [1.165, 1.54) is 0 Å². The number of fused-ring (bicyclic) bond motifs is 1. The number of rotatable bonds is 6. The van der Waals surface area contributed by atoms with Gasteiger partial charge < -0.3 is 9.64 Å². The van der Waals surface area contributed by atoms with Crippen LogP contribution in [0, 0.1) is 29.6 Å². The molecule has 182 valence electrons. The molecule has 0 atom stereocenters. The van der Waals surface area contributed by atoms with E-state index in [0.717, 1.165) is 50.3 Å². The smallest absolute Gasteiger partial charge is 0.119 e. The molecule has 5 aromatic carbocycles. The second kappa shape index (κ2) is 10.7. The minimum absolute atomic E-state index is 0.601. The van der Waals surface area contributed by atoms with Crippen LogP contribution in [0.2, 0.25) is 0 Å². The zero-order chi connectivity index (χ0) is 26.5. The summed E-state index contributed by atoms with van der Waals surface area (Å²) < 4.78 is 5.34. The van der Waals surface area contributed by atoms with Gasteiger partial charge in [0.25, 0.3) is 0 Å². The number of methoxy groups -OCH3 is 1. The highest BCUT2D eigenvalue weighted by molar-refractivity contribution is 5.97. The molecule has 0 N–H and O–H groups in total. The van der Waals surface area contributed by atoms with Crippen molar-refractivity contribution < 1.29 is 4.74 Å². The zero-order valence-corrected chi connectivity index (χ0v) is 21.2. The SMILES string of the molecule is COc1ccc(N(c2ccccc2)c2ccc(/C=C\c3c(C#N)ccc4c(C)c(C#N)ccc34)cc2)cc1. The highest BCUT2D eigenvalue weighted by Crippen LogP contribution is 2.35. The van der Waals surface area contributed by atoms with E-state index >= 15 is 0 Å². The standard InChI is InChI=1S/C34H25N3O/c1-24-26(22-35)11-21-34-32(24)20-12-27(23-36)33(34)19-10-25-8-13-29(14-9-25)37(28-6-4-3-5-7-28)30-15-17-31(38-2)18-16-30/h3-21H,1-2H3/b19-10-. The normalized spacial score (nSPS) is 10.7. The van der Waals surface area contributed by atoms with Gasteiger partial charge in [0.05, 0.1) is 30.4 Å². The molecule has 4 heteroatoms. The number of ether oxygens (including phenoxy) is 1. The lowest BCUT2D eigenvalue weighted by Gasteiger charge is -2.25. The second-order valence-electron chi connectivity index (χ2n) is 8.88. The maximum atomic E-state index is 9.74. The first-order valence-electron chi connectivity index (χ1n) is 12.3. The Morgan fingerprint density at radius 3 is 1.84 bits per heavy atom. The third-order valence-electron chi connectivity index (χ3n) is 6.69. The number of nitriles is 2. The number of aryl methyl sites for hydroxylation is 1. The van der Waals surface area contributed by atoms with Gasteiger partial charge in [-0.3, -0.25) is 0 Å². The van der Waals surface area contributed by atoms with Crippen LogP contribution in [-0.2, 0) is 0 Å². The summed E-state index contributed by atoms with van der Waals surface area (Å²) in [7, 11) is 1.67. The number of nitrogens with zero attached hydrogens (tertiary/aromatic N) is 3. The minimum atomic E-state index is 0.601. The zero-order valence-electron chi connectivity index (χ0n) is 21.2. The van der Waals surface area contributed by atoms with Crippen LogP contribution in [0.1, 0.15) is 27.8 Å². The van der Waals surface area contributed by atoms with Crippen LogP contribution in [0.3, 0.4) is 0 Å². The number of hydrogen-bond acceptors (Lipinski definition) is 4. The maximum absolute atomic E-state index is 9.74. The van der Waals surface area contributed by atoms with Crippen LogP contribution in [-0.4, -0.2) is 7.11 Å². The molecule has 5 aromatic rings. The lowest BCUT2D eigenvalue weighted by molar-refractivity contribution is 0.415. The summed E-state index contributed by atoms with van der Waals surface area (Å²) in [5, 5.41) is 21.1. The first-order valence-corrected chi connectivity index (χ1v) is 12.3. The van der Waals surface area contributed by atoms with Crippen molar-refractivity contribution in [1.82, 2.24) is 0 Å². The molecule has 0 unspecified atom stereocenters. The third-order valence-corrected chi connectivity index (χ3v) is 6.69. The largest absolute Gasteiger partial charge is 0.497 e. The lowest BCUT2D eigenvalue weighted by atomic mass is 9.94. The monoisotopic (exact) mass is 491 g/mol. The van der Waals surface area contributed by atoms with E-state index in [2.05, 4.69) is 53.4 Å². The van der Waals surface area contributed by atoms with Crippen LogP contribution in [0.4, 0.5) is 17.1 Å². The lowest BCUT2D eigenvalue weighted by Crippen LogP contribution is -2.09. The van der Waals surface area contributed by atoms with Crippen LogP contribution in [0.25, 0.3) is 22.9 Å². The molecule has 0 spiro atoms. The molecule has 0 radical (unpaired) electrons. The molecule has 0 fully saturated rings. The topological polar surface area (TPSA) is 60.0 Å². The molecule has 38 heavy (non-hydrogen) atoms. The van der Waals surface area contributed by atoms with Crippen LogP contribution in [0.15, 0.2) is 103 Å². The average molecular weight is 492 g/mol. The van der Waals surface area contributed by atoms with E-state index in [1.54, 1.807) is 7.11 Å². The molecule has 5 rings (SSSR count). The van der Waals surface area contributed by atoms with Gasteiger partial charge in [-0.1, -0.05) is 54.6 Å². The van der Waals surface area contributed by atoms with E-state index in [-0.39, 0.29) is 0 Å². The van der Waals surface area contributed by atoms with Gasteiger partial charge in [0.15, 0.2) is 0 Å². The van der Waals surface area contributed by atoms with Gasteiger partial charge in [-0.2, -0.15) is 10.5 Å². The Kier molecular flexibility index (Phi) is 6.89. The first kappa shape index (κ1) is 24.4. The Morgan fingerprint density at radius 2 is 1.21 bits per heavy atom. The third kappa shape index (κ3) is 4.72. The summed E-state index contributed by atoms with van der Waals surface area (Å²) in [5.74, 6) is 0.812. The maximum Gasteiger partial charge on any atom is 0.119 e. The molecule has 0 saturated carbocycles. The fourth-order valence-electron chi connectivity index (χ4n) is 4.65. The molecular weight excluding hydrogens is 466 g/mol. The van der Waals surface area contributed by atoms with Gasteiger partial charge >= 0.3 is 0 Å². The Balaban J connectivity index is 1.51. The summed E-state index contributed by atoms with van der Waals surface area (Å²) in [5.41, 5.74) is 7.16. The van der Waals surface area contributed by atoms with E-state index in [1.807, 2.05) is 85.8 Å².